The standard InChI is InChI=1S/C27H28FN5O4/c1-31(27(36)19-7-8-24(37-2)22(28)17-19)18-25(34)33-15-13-32(14-16-33)23-6-4-3-5-21(23)26(35)30-20-9-11-29-12-10-20/h3-12,17H,13-16,18H2,1-2H3,(H,29,30,35). The molecule has 1 aliphatic heterocycles. The molecule has 0 radical (unpaired) electrons. The number of carbonyl (C=O) groups is 3. The number of amides is 3. The summed E-state index contributed by atoms with van der Waals surface area (Å²) in [6.07, 6.45) is 3.22. The highest BCUT2D eigenvalue weighted by Gasteiger charge is 2.26. The van der Waals surface area contributed by atoms with E-state index in [2.05, 4.69) is 15.2 Å². The number of nitrogens with one attached hydrogen (secondary N) is 1. The van der Waals surface area contributed by atoms with Crippen molar-refractivity contribution in [3.8, 4) is 5.75 Å². The molecule has 2 aromatic carbocycles. The molecule has 9 nitrogen and oxygen atoms in total. The third-order valence-electron chi connectivity index (χ3n) is 6.18. The highest BCUT2D eigenvalue weighted by atomic mass is 19.1. The van der Waals surface area contributed by atoms with Crippen molar-refractivity contribution >= 4 is 29.1 Å². The summed E-state index contributed by atoms with van der Waals surface area (Å²) in [5, 5.41) is 2.88. The minimum atomic E-state index is -0.640. The molecule has 192 valence electrons. The number of carbonyl (C=O) groups excluding carboxylic acids is 3. The number of anilines is 2. The minimum Gasteiger partial charge on any atom is -0.494 e. The van der Waals surface area contributed by atoms with Crippen LogP contribution in [0.2, 0.25) is 0 Å². The van der Waals surface area contributed by atoms with E-state index in [1.54, 1.807) is 35.5 Å². The Morgan fingerprint density at radius 2 is 1.73 bits per heavy atom. The SMILES string of the molecule is COc1ccc(C(=O)N(C)CC(=O)N2CCN(c3ccccc3C(=O)Nc3ccncc3)CC2)cc1F. The van der Waals surface area contributed by atoms with Crippen molar-refractivity contribution in [1.29, 1.82) is 0 Å². The number of methoxy groups -OCH3 is 1. The van der Waals surface area contributed by atoms with Gasteiger partial charge in [0, 0.05) is 62.6 Å². The van der Waals surface area contributed by atoms with Crippen molar-refractivity contribution < 1.29 is 23.5 Å². The van der Waals surface area contributed by atoms with Gasteiger partial charge in [-0.15, -0.1) is 0 Å². The normalized spacial score (nSPS) is 13.2. The van der Waals surface area contributed by atoms with Gasteiger partial charge in [0.2, 0.25) is 5.91 Å². The minimum absolute atomic E-state index is 0.0459. The Labute approximate surface area is 214 Å². The van der Waals surface area contributed by atoms with Crippen LogP contribution in [0.4, 0.5) is 15.8 Å². The van der Waals surface area contributed by atoms with Crippen LogP contribution in [-0.2, 0) is 4.79 Å². The van der Waals surface area contributed by atoms with Gasteiger partial charge in [-0.1, -0.05) is 12.1 Å². The lowest BCUT2D eigenvalue weighted by Crippen LogP contribution is -2.51. The maximum absolute atomic E-state index is 14.0. The average Bonchev–Trinajstić information content (AvgIpc) is 2.93. The third kappa shape index (κ3) is 6.03. The number of nitrogens with zero attached hydrogens (tertiary/aromatic N) is 4. The van der Waals surface area contributed by atoms with E-state index in [0.717, 1.165) is 11.8 Å². The number of para-hydroxylation sites is 1. The van der Waals surface area contributed by atoms with Gasteiger partial charge in [-0.05, 0) is 42.5 Å². The summed E-state index contributed by atoms with van der Waals surface area (Å²) >= 11 is 0. The van der Waals surface area contributed by atoms with Gasteiger partial charge in [-0.2, -0.15) is 0 Å². The smallest absolute Gasteiger partial charge is 0.257 e. The van der Waals surface area contributed by atoms with Gasteiger partial charge in [0.05, 0.1) is 19.2 Å². The number of likely N-dealkylation sites (N-methyl/N-ethyl adjacent to an activating group) is 1. The summed E-state index contributed by atoms with van der Waals surface area (Å²) < 4.78 is 18.9. The zero-order valence-electron chi connectivity index (χ0n) is 20.7. The van der Waals surface area contributed by atoms with Crippen LogP contribution in [0.3, 0.4) is 0 Å². The summed E-state index contributed by atoms with van der Waals surface area (Å²) in [7, 11) is 2.86. The molecular formula is C27H28FN5O4. The molecule has 0 bridgehead atoms. The van der Waals surface area contributed by atoms with Crippen LogP contribution in [0.1, 0.15) is 20.7 Å². The highest BCUT2D eigenvalue weighted by molar-refractivity contribution is 6.08. The lowest BCUT2D eigenvalue weighted by Gasteiger charge is -2.37. The van der Waals surface area contributed by atoms with E-state index in [1.165, 1.54) is 31.2 Å². The number of pyridine rings is 1. The van der Waals surface area contributed by atoms with Crippen molar-refractivity contribution in [3.63, 3.8) is 0 Å². The second-order valence-corrected chi connectivity index (χ2v) is 8.59. The summed E-state index contributed by atoms with van der Waals surface area (Å²) in [4.78, 5) is 47.5. The van der Waals surface area contributed by atoms with Gasteiger partial charge in [0.15, 0.2) is 11.6 Å². The predicted octanol–water partition coefficient (Wildman–Crippen LogP) is 2.90. The lowest BCUT2D eigenvalue weighted by atomic mass is 10.1. The Hall–Kier alpha value is -4.47. The summed E-state index contributed by atoms with van der Waals surface area (Å²) in [5.74, 6) is -1.48. The fourth-order valence-corrected chi connectivity index (χ4v) is 4.17. The topological polar surface area (TPSA) is 95.1 Å². The second kappa shape index (κ2) is 11.5. The summed E-state index contributed by atoms with van der Waals surface area (Å²) in [6.45, 7) is 1.83. The molecule has 37 heavy (non-hydrogen) atoms. The summed E-state index contributed by atoms with van der Waals surface area (Å²) in [6, 6.07) is 14.7. The fraction of sp³-hybridized carbons (Fsp3) is 0.259. The zero-order chi connectivity index (χ0) is 26.4. The van der Waals surface area contributed by atoms with Gasteiger partial charge in [-0.3, -0.25) is 19.4 Å². The molecule has 0 aliphatic carbocycles. The molecule has 10 heteroatoms. The van der Waals surface area contributed by atoms with E-state index in [-0.39, 0.29) is 29.7 Å². The molecule has 3 aromatic rings. The number of piperazine rings is 1. The molecule has 1 aliphatic rings. The summed E-state index contributed by atoms with van der Waals surface area (Å²) in [5.41, 5.74) is 2.12. The first-order chi connectivity index (χ1) is 17.9. The molecule has 1 saturated heterocycles. The molecule has 0 atom stereocenters. The number of rotatable bonds is 7. The Morgan fingerprint density at radius 3 is 2.41 bits per heavy atom. The molecule has 4 rings (SSSR count). The van der Waals surface area contributed by atoms with Gasteiger partial charge in [0.25, 0.3) is 11.8 Å². The van der Waals surface area contributed by atoms with Crippen LogP contribution in [0.25, 0.3) is 0 Å². The second-order valence-electron chi connectivity index (χ2n) is 8.59. The molecular weight excluding hydrogens is 477 g/mol. The van der Waals surface area contributed by atoms with Crippen molar-refractivity contribution in [2.24, 2.45) is 0 Å². The Morgan fingerprint density at radius 1 is 1.03 bits per heavy atom. The van der Waals surface area contributed by atoms with E-state index >= 15 is 0 Å². The van der Waals surface area contributed by atoms with Crippen LogP contribution < -0.4 is 15.0 Å². The monoisotopic (exact) mass is 505 g/mol. The Bertz CT molecular complexity index is 1280. The van der Waals surface area contributed by atoms with Crippen molar-refractivity contribution in [3.05, 3.63) is 83.9 Å². The van der Waals surface area contributed by atoms with Crippen molar-refractivity contribution in [1.82, 2.24) is 14.8 Å². The molecule has 2 heterocycles. The first kappa shape index (κ1) is 25.6. The van der Waals surface area contributed by atoms with Crippen molar-refractivity contribution in [2.45, 2.75) is 0 Å². The van der Waals surface area contributed by atoms with Gasteiger partial charge in [0.1, 0.15) is 0 Å². The molecule has 1 aromatic heterocycles. The van der Waals surface area contributed by atoms with E-state index < -0.39 is 11.7 Å². The van der Waals surface area contributed by atoms with E-state index in [4.69, 9.17) is 4.74 Å². The molecule has 1 fully saturated rings. The van der Waals surface area contributed by atoms with Crippen LogP contribution in [-0.4, -0.2) is 79.4 Å². The zero-order valence-corrected chi connectivity index (χ0v) is 20.7. The van der Waals surface area contributed by atoms with Crippen LogP contribution >= 0.6 is 0 Å². The number of halogens is 1. The number of benzene rings is 2. The Kier molecular flexibility index (Phi) is 7.97. The lowest BCUT2D eigenvalue weighted by molar-refractivity contribution is -0.131. The molecule has 3 amide bonds. The first-order valence-corrected chi connectivity index (χ1v) is 11.8. The Balaban J connectivity index is 1.35. The van der Waals surface area contributed by atoms with Gasteiger partial charge in [-0.25, -0.2) is 4.39 Å². The van der Waals surface area contributed by atoms with Gasteiger partial charge < -0.3 is 24.8 Å². The molecule has 0 spiro atoms. The van der Waals surface area contributed by atoms with E-state index in [0.29, 0.717) is 37.4 Å². The van der Waals surface area contributed by atoms with Gasteiger partial charge >= 0.3 is 0 Å². The molecule has 0 saturated carbocycles. The van der Waals surface area contributed by atoms with Crippen molar-refractivity contribution in [2.75, 3.05) is 57.1 Å². The third-order valence-corrected chi connectivity index (χ3v) is 6.18. The fourth-order valence-electron chi connectivity index (χ4n) is 4.17. The molecule has 1 N–H and O–H groups in total. The largest absolute Gasteiger partial charge is 0.494 e. The van der Waals surface area contributed by atoms with E-state index in [9.17, 15) is 18.8 Å². The number of hydrogen-bond donors (Lipinski definition) is 1. The first-order valence-electron chi connectivity index (χ1n) is 11.8. The predicted molar refractivity (Wildman–Crippen MR) is 137 cm³/mol. The maximum Gasteiger partial charge on any atom is 0.257 e. The average molecular weight is 506 g/mol. The number of aromatic nitrogens is 1. The van der Waals surface area contributed by atoms with Crippen LogP contribution in [0, 0.1) is 5.82 Å². The van der Waals surface area contributed by atoms with Crippen LogP contribution in [0.15, 0.2) is 67.0 Å². The molecule has 0 unspecified atom stereocenters. The maximum atomic E-state index is 14.0. The quantitative estimate of drug-likeness (QED) is 0.531. The number of hydrogen-bond acceptors (Lipinski definition) is 6. The number of ether oxygens (including phenoxy) is 1. The van der Waals surface area contributed by atoms with Crippen LogP contribution in [0.5, 0.6) is 5.75 Å². The highest BCUT2D eigenvalue weighted by Crippen LogP contribution is 2.23. The van der Waals surface area contributed by atoms with E-state index in [1.807, 2.05) is 18.2 Å².